The van der Waals surface area contributed by atoms with Crippen molar-refractivity contribution in [2.75, 3.05) is 0 Å². The summed E-state index contributed by atoms with van der Waals surface area (Å²) in [6.07, 6.45) is 4.14. The Morgan fingerprint density at radius 1 is 0.789 bits per heavy atom. The van der Waals surface area contributed by atoms with Gasteiger partial charge in [0.15, 0.2) is 0 Å². The molecule has 3 rings (SSSR count). The van der Waals surface area contributed by atoms with Crippen LogP contribution in [0.2, 0.25) is 0 Å². The Balaban J connectivity index is 1.81. The summed E-state index contributed by atoms with van der Waals surface area (Å²) in [4.78, 5) is 4.63. The molecule has 0 aliphatic heterocycles. The van der Waals surface area contributed by atoms with Crippen LogP contribution in [0.25, 0.3) is 22.7 Å². The lowest BCUT2D eigenvalue weighted by Crippen LogP contribution is -1.76. The second-order valence-electron chi connectivity index (χ2n) is 4.19. The molecule has 0 fully saturated rings. The van der Waals surface area contributed by atoms with Gasteiger partial charge in [0, 0.05) is 10.9 Å². The topological polar surface area (TPSA) is 12.9 Å². The molecular formula is C17H13NS. The Morgan fingerprint density at radius 3 is 2.21 bits per heavy atom. The molecule has 0 amide bonds. The molecule has 1 heterocycles. The van der Waals surface area contributed by atoms with Crippen LogP contribution in [0.5, 0.6) is 0 Å². The van der Waals surface area contributed by atoms with Crippen molar-refractivity contribution < 1.29 is 0 Å². The molecule has 0 aliphatic rings. The summed E-state index contributed by atoms with van der Waals surface area (Å²) in [5, 5.41) is 3.15. The van der Waals surface area contributed by atoms with Gasteiger partial charge in [-0.1, -0.05) is 66.7 Å². The van der Waals surface area contributed by atoms with Crippen molar-refractivity contribution in [3.63, 3.8) is 0 Å². The lowest BCUT2D eigenvalue weighted by molar-refractivity contribution is 1.38. The predicted molar refractivity (Wildman–Crippen MR) is 82.9 cm³/mol. The fourth-order valence-electron chi connectivity index (χ4n) is 1.82. The highest BCUT2D eigenvalue weighted by Crippen LogP contribution is 2.24. The van der Waals surface area contributed by atoms with Crippen LogP contribution in [0.4, 0.5) is 0 Å². The number of nitrogens with zero attached hydrogens (tertiary/aromatic N) is 1. The Labute approximate surface area is 116 Å². The van der Waals surface area contributed by atoms with E-state index in [1.54, 1.807) is 11.3 Å². The fourth-order valence-corrected chi connectivity index (χ4v) is 2.62. The molecule has 0 saturated heterocycles. The Hall–Kier alpha value is -2.19. The fraction of sp³-hybridized carbons (Fsp3) is 0. The highest BCUT2D eigenvalue weighted by atomic mass is 32.1. The van der Waals surface area contributed by atoms with Crippen LogP contribution in [-0.4, -0.2) is 4.98 Å². The first kappa shape index (κ1) is 11.9. The van der Waals surface area contributed by atoms with Crippen LogP contribution in [0.15, 0.2) is 66.0 Å². The number of thiazole rings is 1. The zero-order valence-corrected chi connectivity index (χ0v) is 11.2. The summed E-state index contributed by atoms with van der Waals surface area (Å²) in [6, 6.07) is 20.5. The minimum Gasteiger partial charge on any atom is -0.237 e. The van der Waals surface area contributed by atoms with Crippen molar-refractivity contribution in [1.82, 2.24) is 4.98 Å². The Morgan fingerprint density at radius 2 is 1.47 bits per heavy atom. The largest absolute Gasteiger partial charge is 0.237 e. The van der Waals surface area contributed by atoms with E-state index in [0.29, 0.717) is 0 Å². The smallest absolute Gasteiger partial charge is 0.124 e. The molecule has 2 heteroatoms. The van der Waals surface area contributed by atoms with Crippen LogP contribution < -0.4 is 0 Å². The van der Waals surface area contributed by atoms with Crippen molar-refractivity contribution in [3.05, 3.63) is 77.3 Å². The monoisotopic (exact) mass is 263 g/mol. The lowest BCUT2D eigenvalue weighted by Gasteiger charge is -1.93. The SMILES string of the molecule is C(=C\c1csc(-c2ccccc2)n1)/c1ccccc1. The van der Waals surface area contributed by atoms with Crippen molar-refractivity contribution in [2.45, 2.75) is 0 Å². The minimum atomic E-state index is 1.01. The van der Waals surface area contributed by atoms with Gasteiger partial charge in [0.2, 0.25) is 0 Å². The summed E-state index contributed by atoms with van der Waals surface area (Å²) < 4.78 is 0. The quantitative estimate of drug-likeness (QED) is 0.649. The molecule has 2 aromatic carbocycles. The first-order chi connectivity index (χ1) is 9.42. The van der Waals surface area contributed by atoms with E-state index in [-0.39, 0.29) is 0 Å². The third-order valence-corrected chi connectivity index (χ3v) is 3.70. The molecule has 1 nitrogen and oxygen atoms in total. The maximum absolute atomic E-state index is 4.63. The highest BCUT2D eigenvalue weighted by molar-refractivity contribution is 7.13. The molecule has 0 radical (unpaired) electrons. The van der Waals surface area contributed by atoms with Gasteiger partial charge in [0.05, 0.1) is 5.69 Å². The van der Waals surface area contributed by atoms with E-state index in [1.807, 2.05) is 36.4 Å². The van der Waals surface area contributed by atoms with Gasteiger partial charge < -0.3 is 0 Å². The van der Waals surface area contributed by atoms with Gasteiger partial charge in [-0.15, -0.1) is 11.3 Å². The molecule has 0 bridgehead atoms. The normalized spacial score (nSPS) is 10.9. The van der Waals surface area contributed by atoms with Crippen LogP contribution in [-0.2, 0) is 0 Å². The van der Waals surface area contributed by atoms with Gasteiger partial charge in [-0.2, -0.15) is 0 Å². The van der Waals surface area contributed by atoms with Crippen molar-refractivity contribution >= 4 is 23.5 Å². The first-order valence-electron chi connectivity index (χ1n) is 6.16. The van der Waals surface area contributed by atoms with Gasteiger partial charge >= 0.3 is 0 Å². The molecule has 0 saturated carbocycles. The third-order valence-electron chi connectivity index (χ3n) is 2.79. The minimum absolute atomic E-state index is 1.01. The van der Waals surface area contributed by atoms with Gasteiger partial charge in [-0.3, -0.25) is 0 Å². The van der Waals surface area contributed by atoms with Gasteiger partial charge in [-0.25, -0.2) is 4.98 Å². The molecule has 0 atom stereocenters. The summed E-state index contributed by atoms with van der Waals surface area (Å²) >= 11 is 1.68. The van der Waals surface area contributed by atoms with Crippen molar-refractivity contribution in [2.24, 2.45) is 0 Å². The van der Waals surface area contributed by atoms with Crippen LogP contribution in [0, 0.1) is 0 Å². The number of benzene rings is 2. The number of hydrogen-bond acceptors (Lipinski definition) is 2. The molecule has 0 unspecified atom stereocenters. The number of hydrogen-bond donors (Lipinski definition) is 0. The molecule has 0 spiro atoms. The molecular weight excluding hydrogens is 250 g/mol. The van der Waals surface area contributed by atoms with E-state index in [1.165, 1.54) is 11.1 Å². The summed E-state index contributed by atoms with van der Waals surface area (Å²) in [7, 11) is 0. The highest BCUT2D eigenvalue weighted by Gasteiger charge is 2.01. The Kier molecular flexibility index (Phi) is 3.52. The summed E-state index contributed by atoms with van der Waals surface area (Å²) in [6.45, 7) is 0. The lowest BCUT2D eigenvalue weighted by atomic mass is 10.2. The molecule has 19 heavy (non-hydrogen) atoms. The van der Waals surface area contributed by atoms with Crippen LogP contribution in [0.1, 0.15) is 11.3 Å². The number of rotatable bonds is 3. The van der Waals surface area contributed by atoms with Crippen LogP contribution in [0.3, 0.4) is 0 Å². The second-order valence-corrected chi connectivity index (χ2v) is 5.05. The second kappa shape index (κ2) is 5.63. The zero-order valence-electron chi connectivity index (χ0n) is 10.4. The van der Waals surface area contributed by atoms with E-state index in [0.717, 1.165) is 10.7 Å². The van der Waals surface area contributed by atoms with E-state index in [2.05, 4.69) is 46.8 Å². The summed E-state index contributed by atoms with van der Waals surface area (Å²) in [5.41, 5.74) is 3.37. The van der Waals surface area contributed by atoms with E-state index < -0.39 is 0 Å². The number of aromatic nitrogens is 1. The standard InChI is InChI=1S/C17H13NS/c1-3-7-14(8-4-1)11-12-16-13-19-17(18-16)15-9-5-2-6-10-15/h1-13H/b12-11+. The molecule has 0 aliphatic carbocycles. The molecule has 1 aromatic heterocycles. The van der Waals surface area contributed by atoms with Gasteiger partial charge in [0.25, 0.3) is 0 Å². The summed E-state index contributed by atoms with van der Waals surface area (Å²) in [5.74, 6) is 0. The van der Waals surface area contributed by atoms with E-state index in [9.17, 15) is 0 Å². The van der Waals surface area contributed by atoms with Crippen molar-refractivity contribution in [3.8, 4) is 10.6 Å². The zero-order chi connectivity index (χ0) is 12.9. The average Bonchev–Trinajstić information content (AvgIpc) is 2.96. The van der Waals surface area contributed by atoms with Crippen molar-refractivity contribution in [1.29, 1.82) is 0 Å². The van der Waals surface area contributed by atoms with E-state index >= 15 is 0 Å². The first-order valence-corrected chi connectivity index (χ1v) is 7.04. The maximum atomic E-state index is 4.63. The molecule has 0 N–H and O–H groups in total. The predicted octanol–water partition coefficient (Wildman–Crippen LogP) is 4.98. The maximum Gasteiger partial charge on any atom is 0.124 e. The van der Waals surface area contributed by atoms with E-state index in [4.69, 9.17) is 0 Å². The van der Waals surface area contributed by atoms with Gasteiger partial charge in [0.1, 0.15) is 5.01 Å². The van der Waals surface area contributed by atoms with Crippen LogP contribution >= 0.6 is 11.3 Å². The average molecular weight is 263 g/mol. The molecule has 3 aromatic rings. The Bertz CT molecular complexity index is 669. The third kappa shape index (κ3) is 2.98. The molecule has 92 valence electrons. The van der Waals surface area contributed by atoms with Gasteiger partial charge in [-0.05, 0) is 11.6 Å².